The summed E-state index contributed by atoms with van der Waals surface area (Å²) in [6, 6.07) is 20.9. The summed E-state index contributed by atoms with van der Waals surface area (Å²) in [6.07, 6.45) is 1.77. The predicted molar refractivity (Wildman–Crippen MR) is 139 cm³/mol. The number of amides is 2. The molecule has 3 aromatic rings. The highest BCUT2D eigenvalue weighted by molar-refractivity contribution is 8.27. The molecular formula is C24H16Cl2N2O3S2. The summed E-state index contributed by atoms with van der Waals surface area (Å²) in [7, 11) is 0. The zero-order valence-corrected chi connectivity index (χ0v) is 20.1. The number of hydrogen-bond acceptors (Lipinski definition) is 5. The Hall–Kier alpha value is -2.84. The Bertz CT molecular complexity index is 1250. The van der Waals surface area contributed by atoms with Crippen LogP contribution in [0.4, 0.5) is 11.4 Å². The van der Waals surface area contributed by atoms with Gasteiger partial charge in [0.15, 0.2) is 10.9 Å². The Morgan fingerprint density at radius 1 is 1.03 bits per heavy atom. The zero-order valence-electron chi connectivity index (χ0n) is 17.0. The molecule has 0 unspecified atom stereocenters. The van der Waals surface area contributed by atoms with E-state index in [2.05, 4.69) is 5.32 Å². The topological polar surface area (TPSA) is 58.6 Å². The minimum absolute atomic E-state index is 0.147. The van der Waals surface area contributed by atoms with Crippen molar-refractivity contribution in [2.24, 2.45) is 0 Å². The van der Waals surface area contributed by atoms with Gasteiger partial charge in [-0.05, 0) is 66.2 Å². The van der Waals surface area contributed by atoms with Gasteiger partial charge in [-0.2, -0.15) is 0 Å². The van der Waals surface area contributed by atoms with Crippen molar-refractivity contribution in [1.82, 2.24) is 0 Å². The monoisotopic (exact) mass is 514 g/mol. The van der Waals surface area contributed by atoms with Crippen molar-refractivity contribution in [2.75, 3.05) is 16.8 Å². The van der Waals surface area contributed by atoms with Crippen LogP contribution in [0, 0.1) is 0 Å². The van der Waals surface area contributed by atoms with Crippen LogP contribution in [0.15, 0.2) is 77.7 Å². The lowest BCUT2D eigenvalue weighted by Crippen LogP contribution is -2.27. The zero-order chi connectivity index (χ0) is 23.4. The summed E-state index contributed by atoms with van der Waals surface area (Å²) >= 11 is 18.5. The quantitative estimate of drug-likeness (QED) is 0.304. The second kappa shape index (κ2) is 10.4. The lowest BCUT2D eigenvalue weighted by Gasteiger charge is -2.14. The summed E-state index contributed by atoms with van der Waals surface area (Å²) in [6.45, 7) is -0.147. The Morgan fingerprint density at radius 3 is 2.45 bits per heavy atom. The number of thioether (sulfide) groups is 1. The van der Waals surface area contributed by atoms with Gasteiger partial charge in [-0.3, -0.25) is 14.5 Å². The number of benzene rings is 3. The number of nitrogens with one attached hydrogen (secondary N) is 1. The lowest BCUT2D eigenvalue weighted by molar-refractivity contribution is -0.118. The number of thiocarbonyl (C=S) groups is 1. The molecule has 0 saturated carbocycles. The predicted octanol–water partition coefficient (Wildman–Crippen LogP) is 6.42. The van der Waals surface area contributed by atoms with Crippen LogP contribution in [0.5, 0.6) is 5.75 Å². The molecule has 0 spiro atoms. The summed E-state index contributed by atoms with van der Waals surface area (Å²) in [5, 5.41) is 3.84. The molecule has 1 heterocycles. The van der Waals surface area contributed by atoms with E-state index in [-0.39, 0.29) is 18.4 Å². The van der Waals surface area contributed by atoms with Gasteiger partial charge in [0, 0.05) is 15.7 Å². The van der Waals surface area contributed by atoms with E-state index in [1.165, 1.54) is 16.7 Å². The third-order valence-corrected chi connectivity index (χ3v) is 6.32. The summed E-state index contributed by atoms with van der Waals surface area (Å²) < 4.78 is 6.00. The van der Waals surface area contributed by atoms with Crippen molar-refractivity contribution < 1.29 is 14.3 Å². The van der Waals surface area contributed by atoms with E-state index in [0.717, 1.165) is 5.56 Å². The number of nitrogens with zero attached hydrogens (tertiary/aromatic N) is 1. The highest BCUT2D eigenvalue weighted by Gasteiger charge is 2.33. The fourth-order valence-electron chi connectivity index (χ4n) is 3.00. The third kappa shape index (κ3) is 5.94. The number of carbonyl (C=O) groups excluding carboxylic acids is 2. The van der Waals surface area contributed by atoms with Crippen molar-refractivity contribution in [1.29, 1.82) is 0 Å². The molecular weight excluding hydrogens is 499 g/mol. The largest absolute Gasteiger partial charge is 0.484 e. The minimum Gasteiger partial charge on any atom is -0.484 e. The molecule has 1 aliphatic rings. The maximum Gasteiger partial charge on any atom is 0.270 e. The molecule has 33 heavy (non-hydrogen) atoms. The average molecular weight is 515 g/mol. The van der Waals surface area contributed by atoms with Crippen molar-refractivity contribution in [3.05, 3.63) is 93.3 Å². The number of carbonyl (C=O) groups is 2. The fourth-order valence-corrected chi connectivity index (χ4v) is 4.62. The number of rotatable bonds is 6. The van der Waals surface area contributed by atoms with Gasteiger partial charge in [-0.25, -0.2) is 0 Å². The third-order valence-electron chi connectivity index (χ3n) is 4.53. The van der Waals surface area contributed by atoms with Crippen molar-refractivity contribution in [3.8, 4) is 5.75 Å². The summed E-state index contributed by atoms with van der Waals surface area (Å²) in [4.78, 5) is 26.9. The molecule has 0 aliphatic carbocycles. The van der Waals surface area contributed by atoms with E-state index in [9.17, 15) is 9.59 Å². The van der Waals surface area contributed by atoms with Crippen LogP contribution < -0.4 is 15.0 Å². The second-order valence-corrected chi connectivity index (χ2v) is 9.46. The smallest absolute Gasteiger partial charge is 0.270 e. The van der Waals surface area contributed by atoms with E-state index >= 15 is 0 Å². The van der Waals surface area contributed by atoms with Crippen LogP contribution in [-0.4, -0.2) is 22.7 Å². The second-order valence-electron chi connectivity index (χ2n) is 6.91. The van der Waals surface area contributed by atoms with Crippen molar-refractivity contribution >= 4 is 80.8 Å². The first-order chi connectivity index (χ1) is 15.9. The molecule has 3 aromatic carbocycles. The van der Waals surface area contributed by atoms with E-state index < -0.39 is 0 Å². The van der Waals surface area contributed by atoms with Crippen LogP contribution in [0.2, 0.25) is 10.0 Å². The highest BCUT2D eigenvalue weighted by atomic mass is 35.5. The first kappa shape index (κ1) is 23.3. The van der Waals surface area contributed by atoms with E-state index in [4.69, 9.17) is 40.2 Å². The van der Waals surface area contributed by atoms with Gasteiger partial charge in [0.2, 0.25) is 0 Å². The van der Waals surface area contributed by atoms with Crippen molar-refractivity contribution in [2.45, 2.75) is 0 Å². The number of anilines is 2. The fraction of sp³-hybridized carbons (Fsp3) is 0.0417. The normalized spacial score (nSPS) is 14.6. The molecule has 1 saturated heterocycles. The van der Waals surface area contributed by atoms with E-state index in [1.54, 1.807) is 78.9 Å². The summed E-state index contributed by atoms with van der Waals surface area (Å²) in [5.41, 5.74) is 2.08. The van der Waals surface area contributed by atoms with Crippen LogP contribution in [0.25, 0.3) is 6.08 Å². The molecule has 5 nitrogen and oxygen atoms in total. The first-order valence-electron chi connectivity index (χ1n) is 9.71. The molecule has 1 N–H and O–H groups in total. The molecule has 0 bridgehead atoms. The van der Waals surface area contributed by atoms with Crippen LogP contribution in [0.1, 0.15) is 5.56 Å². The maximum absolute atomic E-state index is 12.9. The Balaban J connectivity index is 1.37. The van der Waals surface area contributed by atoms with E-state index in [0.29, 0.717) is 36.4 Å². The molecule has 0 atom stereocenters. The molecule has 1 fully saturated rings. The van der Waals surface area contributed by atoms with Gasteiger partial charge < -0.3 is 10.1 Å². The average Bonchev–Trinajstić information content (AvgIpc) is 3.07. The molecule has 1 aliphatic heterocycles. The number of halogens is 2. The summed E-state index contributed by atoms with van der Waals surface area (Å²) in [5.74, 6) is 0.0414. The van der Waals surface area contributed by atoms with Gasteiger partial charge in [0.1, 0.15) is 5.75 Å². The Labute approximate surface area is 210 Å². The molecule has 166 valence electrons. The maximum atomic E-state index is 12.9. The van der Waals surface area contributed by atoms with Gasteiger partial charge in [-0.1, -0.05) is 65.4 Å². The van der Waals surface area contributed by atoms with Gasteiger partial charge in [0.05, 0.1) is 10.6 Å². The molecule has 0 radical (unpaired) electrons. The highest BCUT2D eigenvalue weighted by Crippen LogP contribution is 2.36. The van der Waals surface area contributed by atoms with Crippen LogP contribution in [-0.2, 0) is 9.59 Å². The Morgan fingerprint density at radius 2 is 1.76 bits per heavy atom. The standard InChI is InChI=1S/C24H16Cl2N2O3S2/c25-16-6-8-19(9-7-16)28-23(30)21(33-24(28)32)12-15-4-10-20(11-5-15)31-14-22(29)27-18-3-1-2-17(26)13-18/h1-13H,14H2,(H,27,29)/b21-12-. The SMILES string of the molecule is O=C(COc1ccc(/C=C2\SC(=S)N(c3ccc(Cl)cc3)C2=O)cc1)Nc1cccc(Cl)c1. The molecule has 9 heteroatoms. The van der Waals surface area contributed by atoms with Gasteiger partial charge in [-0.15, -0.1) is 0 Å². The molecule has 0 aromatic heterocycles. The Kier molecular flexibility index (Phi) is 7.35. The minimum atomic E-state index is -0.299. The van der Waals surface area contributed by atoms with Crippen LogP contribution >= 0.6 is 47.2 Å². The molecule has 2 amide bonds. The van der Waals surface area contributed by atoms with Gasteiger partial charge in [0.25, 0.3) is 11.8 Å². The number of hydrogen-bond donors (Lipinski definition) is 1. The molecule has 4 rings (SSSR count). The van der Waals surface area contributed by atoms with Crippen molar-refractivity contribution in [3.63, 3.8) is 0 Å². The van der Waals surface area contributed by atoms with Gasteiger partial charge >= 0.3 is 0 Å². The number of ether oxygens (including phenoxy) is 1. The van der Waals surface area contributed by atoms with E-state index in [1.807, 2.05) is 0 Å². The lowest BCUT2D eigenvalue weighted by atomic mass is 10.2. The van der Waals surface area contributed by atoms with Crippen LogP contribution in [0.3, 0.4) is 0 Å². The first-order valence-corrected chi connectivity index (χ1v) is 11.7.